The number of esters is 2. The summed E-state index contributed by atoms with van der Waals surface area (Å²) in [6.07, 6.45) is 6.21. The summed E-state index contributed by atoms with van der Waals surface area (Å²) in [6, 6.07) is 0. The fraction of sp³-hybridized carbons (Fsp3) is 0.917. The molecule has 4 aliphatic carbocycles. The second kappa shape index (κ2) is 7.47. The Morgan fingerprint density at radius 1 is 0.933 bits per heavy atom. The van der Waals surface area contributed by atoms with Gasteiger partial charge in [-0.15, -0.1) is 0 Å². The van der Waals surface area contributed by atoms with E-state index in [1.165, 1.54) is 13.8 Å². The number of carbonyl (C=O) groups excluding carboxylic acids is 2. The topological polar surface area (TPSA) is 82.1 Å². The number of methoxy groups -OCH3 is 1. The van der Waals surface area contributed by atoms with Gasteiger partial charge < -0.3 is 19.3 Å². The molecule has 0 aliphatic heterocycles. The number of aliphatic hydroxyl groups excluding tert-OH is 1. The smallest absolute Gasteiger partial charge is 0.302 e. The predicted molar refractivity (Wildman–Crippen MR) is 110 cm³/mol. The molecule has 1 N–H and O–H groups in total. The fourth-order valence-electron chi connectivity index (χ4n) is 8.35. The van der Waals surface area contributed by atoms with Crippen molar-refractivity contribution in [1.29, 1.82) is 0 Å². The van der Waals surface area contributed by atoms with E-state index in [1.807, 2.05) is 0 Å². The van der Waals surface area contributed by atoms with Crippen LogP contribution in [0.25, 0.3) is 0 Å². The second-order valence-electron chi connectivity index (χ2n) is 10.8. The van der Waals surface area contributed by atoms with Gasteiger partial charge >= 0.3 is 11.9 Å². The number of carbonyl (C=O) groups is 2. The van der Waals surface area contributed by atoms with Crippen LogP contribution in [0, 0.1) is 28.6 Å². The van der Waals surface area contributed by atoms with Crippen LogP contribution in [0.4, 0.5) is 0 Å². The van der Waals surface area contributed by atoms with E-state index in [0.717, 1.165) is 38.5 Å². The van der Waals surface area contributed by atoms with Crippen molar-refractivity contribution in [2.24, 2.45) is 28.6 Å². The summed E-state index contributed by atoms with van der Waals surface area (Å²) < 4.78 is 17.5. The Morgan fingerprint density at radius 3 is 2.27 bits per heavy atom. The van der Waals surface area contributed by atoms with E-state index in [4.69, 9.17) is 14.2 Å². The van der Waals surface area contributed by atoms with E-state index >= 15 is 0 Å². The fourth-order valence-corrected chi connectivity index (χ4v) is 8.35. The molecule has 0 bridgehead atoms. The van der Waals surface area contributed by atoms with Crippen LogP contribution in [0.5, 0.6) is 0 Å². The van der Waals surface area contributed by atoms with Crippen LogP contribution in [-0.2, 0) is 23.8 Å². The van der Waals surface area contributed by atoms with Gasteiger partial charge in [0.1, 0.15) is 17.8 Å². The molecule has 0 saturated heterocycles. The van der Waals surface area contributed by atoms with Crippen LogP contribution in [-0.4, -0.2) is 48.1 Å². The maximum Gasteiger partial charge on any atom is 0.302 e. The third-order valence-electron chi connectivity index (χ3n) is 9.69. The maximum atomic E-state index is 11.7. The van der Waals surface area contributed by atoms with Gasteiger partial charge in [-0.3, -0.25) is 9.59 Å². The lowest BCUT2D eigenvalue weighted by Crippen LogP contribution is -2.69. The van der Waals surface area contributed by atoms with E-state index in [0.29, 0.717) is 30.6 Å². The highest BCUT2D eigenvalue weighted by Gasteiger charge is 2.68. The van der Waals surface area contributed by atoms with Crippen molar-refractivity contribution in [3.63, 3.8) is 0 Å². The minimum absolute atomic E-state index is 0.00900. The molecule has 9 atom stereocenters. The first-order valence-electron chi connectivity index (χ1n) is 11.6. The molecule has 4 fully saturated rings. The van der Waals surface area contributed by atoms with Crippen LogP contribution >= 0.6 is 0 Å². The quantitative estimate of drug-likeness (QED) is 0.700. The normalized spacial score (nSPS) is 50.1. The molecule has 0 amide bonds. The average molecular weight is 423 g/mol. The van der Waals surface area contributed by atoms with Gasteiger partial charge in [0.25, 0.3) is 0 Å². The molecule has 6 nitrogen and oxygen atoms in total. The second-order valence-corrected chi connectivity index (χ2v) is 10.8. The van der Waals surface area contributed by atoms with Crippen LogP contribution in [0.15, 0.2) is 0 Å². The molecule has 0 aromatic heterocycles. The van der Waals surface area contributed by atoms with Gasteiger partial charge in [0.2, 0.25) is 0 Å². The van der Waals surface area contributed by atoms with E-state index in [9.17, 15) is 14.7 Å². The molecule has 4 rings (SSSR count). The van der Waals surface area contributed by atoms with E-state index in [1.54, 1.807) is 7.11 Å². The van der Waals surface area contributed by atoms with Crippen molar-refractivity contribution in [3.8, 4) is 0 Å². The first-order valence-corrected chi connectivity index (χ1v) is 11.6. The Hall–Kier alpha value is -1.14. The van der Waals surface area contributed by atoms with Crippen LogP contribution < -0.4 is 0 Å². The first kappa shape index (κ1) is 22.1. The molecule has 4 aliphatic rings. The number of rotatable bonds is 3. The zero-order chi connectivity index (χ0) is 21.9. The zero-order valence-electron chi connectivity index (χ0n) is 19.1. The van der Waals surface area contributed by atoms with Gasteiger partial charge in [-0.1, -0.05) is 13.8 Å². The summed E-state index contributed by atoms with van der Waals surface area (Å²) >= 11 is 0. The predicted octanol–water partition coefficient (Wildman–Crippen LogP) is 3.63. The molecule has 9 unspecified atom stereocenters. The highest BCUT2D eigenvalue weighted by molar-refractivity contribution is 5.66. The van der Waals surface area contributed by atoms with Gasteiger partial charge in [-0.25, -0.2) is 0 Å². The summed E-state index contributed by atoms with van der Waals surface area (Å²) in [5.41, 5.74) is -0.860. The Bertz CT molecular complexity index is 708. The summed E-state index contributed by atoms with van der Waals surface area (Å²) in [5, 5.41) is 11.5. The van der Waals surface area contributed by atoms with Crippen molar-refractivity contribution < 1.29 is 28.9 Å². The molecule has 0 aromatic rings. The van der Waals surface area contributed by atoms with E-state index < -0.39 is 11.7 Å². The molecule has 0 heterocycles. The number of aliphatic hydroxyl groups is 1. The molecule has 4 saturated carbocycles. The van der Waals surface area contributed by atoms with Gasteiger partial charge in [0, 0.05) is 38.2 Å². The summed E-state index contributed by atoms with van der Waals surface area (Å²) in [7, 11) is 1.71. The molecular weight excluding hydrogens is 384 g/mol. The number of ether oxygens (including phenoxy) is 3. The summed E-state index contributed by atoms with van der Waals surface area (Å²) in [5.74, 6) is 0.843. The molecule has 170 valence electrons. The third kappa shape index (κ3) is 3.04. The standard InChI is InChI=1S/C24H38O6/c1-14(25)29-16-8-11-23(4)19-9-10-22(3)18(6-7-21(22)30-15(2)26)17(19)12-20(27)24(23,13-16)28-5/h16-21,27H,6-13H2,1-5H3. The molecule has 0 spiro atoms. The molecular formula is C24H38O6. The highest BCUT2D eigenvalue weighted by atomic mass is 16.6. The molecule has 0 aromatic carbocycles. The lowest BCUT2D eigenvalue weighted by Gasteiger charge is -2.66. The molecule has 0 radical (unpaired) electrons. The van der Waals surface area contributed by atoms with Crippen molar-refractivity contribution in [1.82, 2.24) is 0 Å². The van der Waals surface area contributed by atoms with E-state index in [2.05, 4.69) is 13.8 Å². The Kier molecular flexibility index (Phi) is 5.50. The van der Waals surface area contributed by atoms with Gasteiger partial charge in [0.15, 0.2) is 0 Å². The van der Waals surface area contributed by atoms with Crippen LogP contribution in [0.3, 0.4) is 0 Å². The maximum absolute atomic E-state index is 11.7. The Balaban J connectivity index is 1.63. The van der Waals surface area contributed by atoms with Crippen molar-refractivity contribution >= 4 is 11.9 Å². The Morgan fingerprint density at radius 2 is 1.63 bits per heavy atom. The van der Waals surface area contributed by atoms with Gasteiger partial charge in [-0.05, 0) is 62.7 Å². The number of hydrogen-bond donors (Lipinski definition) is 1. The zero-order valence-corrected chi connectivity index (χ0v) is 19.1. The van der Waals surface area contributed by atoms with Crippen molar-refractivity contribution in [2.75, 3.05) is 7.11 Å². The lowest BCUT2D eigenvalue weighted by molar-refractivity contribution is -0.277. The van der Waals surface area contributed by atoms with Crippen LogP contribution in [0.2, 0.25) is 0 Å². The SMILES string of the molecule is COC12CC(OC(C)=O)CCC1(C)C1CCC3(C)C(OC(C)=O)CCC3C1CC2O. The van der Waals surface area contributed by atoms with Crippen molar-refractivity contribution in [2.45, 2.75) is 103 Å². The summed E-state index contributed by atoms with van der Waals surface area (Å²) in [4.78, 5) is 23.2. The lowest BCUT2D eigenvalue weighted by atomic mass is 9.42. The largest absolute Gasteiger partial charge is 0.462 e. The minimum Gasteiger partial charge on any atom is -0.462 e. The molecule has 6 heteroatoms. The van der Waals surface area contributed by atoms with E-state index in [-0.39, 0.29) is 35.0 Å². The first-order chi connectivity index (χ1) is 14.1. The Labute approximate surface area is 180 Å². The third-order valence-corrected chi connectivity index (χ3v) is 9.69. The van der Waals surface area contributed by atoms with Crippen molar-refractivity contribution in [3.05, 3.63) is 0 Å². The minimum atomic E-state index is -0.686. The monoisotopic (exact) mass is 422 g/mol. The molecule has 30 heavy (non-hydrogen) atoms. The van der Waals surface area contributed by atoms with Crippen LogP contribution in [0.1, 0.15) is 79.1 Å². The van der Waals surface area contributed by atoms with Gasteiger partial charge in [0.05, 0.1) is 6.10 Å². The summed E-state index contributed by atoms with van der Waals surface area (Å²) in [6.45, 7) is 7.53. The average Bonchev–Trinajstić information content (AvgIpc) is 2.98. The van der Waals surface area contributed by atoms with Gasteiger partial charge in [-0.2, -0.15) is 0 Å². The number of fused-ring (bicyclic) bond motifs is 5. The highest BCUT2D eigenvalue weighted by Crippen LogP contribution is 2.68. The number of hydrogen-bond acceptors (Lipinski definition) is 6.